The van der Waals surface area contributed by atoms with Crippen LogP contribution in [0.1, 0.15) is 19.3 Å². The summed E-state index contributed by atoms with van der Waals surface area (Å²) in [5, 5.41) is 0. The number of rotatable bonds is 4. The van der Waals surface area contributed by atoms with Crippen LogP contribution < -0.4 is 9.64 Å². The van der Waals surface area contributed by atoms with Gasteiger partial charge >= 0.3 is 0 Å². The van der Waals surface area contributed by atoms with E-state index >= 15 is 0 Å². The van der Waals surface area contributed by atoms with Crippen molar-refractivity contribution in [2.75, 3.05) is 45.7 Å². The highest BCUT2D eigenvalue weighted by molar-refractivity contribution is 5.89. The predicted octanol–water partition coefficient (Wildman–Crippen LogP) is 0.391. The molecule has 2 amide bonds. The number of likely N-dealkylation sites (tertiary alicyclic amines) is 2. The molecule has 2 saturated heterocycles. The maximum atomic E-state index is 12.7. The quantitative estimate of drug-likeness (QED) is 0.784. The highest BCUT2D eigenvalue weighted by atomic mass is 16.5. The number of nitrogens with zero attached hydrogens (tertiary/aromatic N) is 5. The molecule has 2 aliphatic rings. The minimum atomic E-state index is -0.231. The topological polar surface area (TPSA) is 78.9 Å². The normalized spacial score (nSPS) is 23.7. The molecule has 1 aromatic heterocycles. The predicted molar refractivity (Wildman–Crippen MR) is 92.3 cm³/mol. The number of hydrogen-bond donors (Lipinski definition) is 0. The molecular formula is C17H25N5O3. The SMILES string of the molecule is CN1CC(C(=O)N2CCCC(Oc3nccnc3N(C)C)C2)CC1=O. The van der Waals surface area contributed by atoms with Crippen molar-refractivity contribution >= 4 is 17.6 Å². The summed E-state index contributed by atoms with van der Waals surface area (Å²) < 4.78 is 6.05. The monoisotopic (exact) mass is 347 g/mol. The van der Waals surface area contributed by atoms with Gasteiger partial charge in [-0.3, -0.25) is 9.59 Å². The molecule has 0 N–H and O–H groups in total. The van der Waals surface area contributed by atoms with Crippen molar-refractivity contribution in [1.29, 1.82) is 0 Å². The van der Waals surface area contributed by atoms with Gasteiger partial charge in [-0.05, 0) is 12.8 Å². The van der Waals surface area contributed by atoms with Gasteiger partial charge in [-0.25, -0.2) is 9.97 Å². The number of anilines is 1. The Morgan fingerprint density at radius 3 is 2.72 bits per heavy atom. The largest absolute Gasteiger partial charge is 0.470 e. The van der Waals surface area contributed by atoms with E-state index in [4.69, 9.17) is 4.74 Å². The van der Waals surface area contributed by atoms with Crippen molar-refractivity contribution < 1.29 is 14.3 Å². The number of hydrogen-bond acceptors (Lipinski definition) is 6. The third-order valence-electron chi connectivity index (χ3n) is 4.73. The molecular weight excluding hydrogens is 322 g/mol. The van der Waals surface area contributed by atoms with E-state index in [2.05, 4.69) is 9.97 Å². The molecule has 2 unspecified atom stereocenters. The van der Waals surface area contributed by atoms with Gasteiger partial charge in [0.1, 0.15) is 6.10 Å². The van der Waals surface area contributed by atoms with Crippen LogP contribution in [0.2, 0.25) is 0 Å². The lowest BCUT2D eigenvalue weighted by atomic mass is 10.0. The maximum absolute atomic E-state index is 12.7. The zero-order chi connectivity index (χ0) is 18.0. The lowest BCUT2D eigenvalue weighted by Crippen LogP contribution is -2.47. The van der Waals surface area contributed by atoms with Crippen molar-refractivity contribution in [3.8, 4) is 5.88 Å². The van der Waals surface area contributed by atoms with Gasteiger partial charge in [-0.1, -0.05) is 0 Å². The van der Waals surface area contributed by atoms with Crippen LogP contribution in [0.25, 0.3) is 0 Å². The molecule has 8 nitrogen and oxygen atoms in total. The van der Waals surface area contributed by atoms with Gasteiger partial charge in [0, 0.05) is 53.0 Å². The van der Waals surface area contributed by atoms with E-state index in [1.165, 1.54) is 0 Å². The Hall–Kier alpha value is -2.38. The molecule has 2 aliphatic heterocycles. The van der Waals surface area contributed by atoms with Crippen LogP contribution in [0.4, 0.5) is 5.82 Å². The number of carbonyl (C=O) groups is 2. The van der Waals surface area contributed by atoms with Crippen LogP contribution in [0.3, 0.4) is 0 Å². The van der Waals surface area contributed by atoms with Gasteiger partial charge in [0.25, 0.3) is 5.88 Å². The second-order valence-corrected chi connectivity index (χ2v) is 6.92. The smallest absolute Gasteiger partial charge is 0.257 e. The number of carbonyl (C=O) groups excluding carboxylic acids is 2. The Bertz CT molecular complexity index is 651. The molecule has 0 aliphatic carbocycles. The zero-order valence-corrected chi connectivity index (χ0v) is 15.0. The molecule has 0 bridgehead atoms. The highest BCUT2D eigenvalue weighted by Crippen LogP contribution is 2.26. The lowest BCUT2D eigenvalue weighted by Gasteiger charge is -2.34. The Kier molecular flexibility index (Phi) is 5.06. The summed E-state index contributed by atoms with van der Waals surface area (Å²) in [5.41, 5.74) is 0. The van der Waals surface area contributed by atoms with Crippen molar-refractivity contribution in [2.24, 2.45) is 5.92 Å². The minimum Gasteiger partial charge on any atom is -0.470 e. The van der Waals surface area contributed by atoms with Crippen molar-refractivity contribution in [2.45, 2.75) is 25.4 Å². The molecule has 3 heterocycles. The molecule has 1 aromatic rings. The second-order valence-electron chi connectivity index (χ2n) is 6.92. The third-order valence-corrected chi connectivity index (χ3v) is 4.73. The molecule has 0 radical (unpaired) electrons. The number of amides is 2. The molecule has 0 aromatic carbocycles. The van der Waals surface area contributed by atoms with Crippen LogP contribution in [-0.4, -0.2) is 78.5 Å². The fourth-order valence-electron chi connectivity index (χ4n) is 3.39. The second kappa shape index (κ2) is 7.25. The number of ether oxygens (including phenoxy) is 1. The average molecular weight is 347 g/mol. The van der Waals surface area contributed by atoms with Crippen LogP contribution in [-0.2, 0) is 9.59 Å². The van der Waals surface area contributed by atoms with E-state index in [1.54, 1.807) is 24.3 Å². The first kappa shape index (κ1) is 17.4. The van der Waals surface area contributed by atoms with E-state index in [0.717, 1.165) is 12.8 Å². The zero-order valence-electron chi connectivity index (χ0n) is 15.0. The van der Waals surface area contributed by atoms with Crippen molar-refractivity contribution in [3.63, 3.8) is 0 Å². The van der Waals surface area contributed by atoms with Crippen LogP contribution in [0.15, 0.2) is 12.4 Å². The van der Waals surface area contributed by atoms with Gasteiger partial charge in [-0.15, -0.1) is 0 Å². The summed E-state index contributed by atoms with van der Waals surface area (Å²) in [6, 6.07) is 0. The van der Waals surface area contributed by atoms with E-state index in [1.807, 2.05) is 23.9 Å². The summed E-state index contributed by atoms with van der Waals surface area (Å²) in [6.45, 7) is 1.75. The molecule has 25 heavy (non-hydrogen) atoms. The van der Waals surface area contributed by atoms with E-state index < -0.39 is 0 Å². The summed E-state index contributed by atoms with van der Waals surface area (Å²) >= 11 is 0. The lowest BCUT2D eigenvalue weighted by molar-refractivity contribution is -0.138. The molecule has 2 atom stereocenters. The molecule has 8 heteroatoms. The summed E-state index contributed by atoms with van der Waals surface area (Å²) in [7, 11) is 5.52. The highest BCUT2D eigenvalue weighted by Gasteiger charge is 2.36. The van der Waals surface area contributed by atoms with Gasteiger partial charge < -0.3 is 19.4 Å². The molecule has 2 fully saturated rings. The molecule has 0 spiro atoms. The van der Waals surface area contributed by atoms with Crippen LogP contribution >= 0.6 is 0 Å². The number of aromatic nitrogens is 2. The first-order chi connectivity index (χ1) is 12.0. The molecule has 136 valence electrons. The average Bonchev–Trinajstić information content (AvgIpc) is 2.94. The first-order valence-corrected chi connectivity index (χ1v) is 8.63. The van der Waals surface area contributed by atoms with Gasteiger partial charge in [0.2, 0.25) is 11.8 Å². The van der Waals surface area contributed by atoms with Crippen molar-refractivity contribution in [1.82, 2.24) is 19.8 Å². The fourth-order valence-corrected chi connectivity index (χ4v) is 3.39. The maximum Gasteiger partial charge on any atom is 0.257 e. The van der Waals surface area contributed by atoms with Crippen LogP contribution in [0, 0.1) is 5.92 Å². The van der Waals surface area contributed by atoms with Crippen molar-refractivity contribution in [3.05, 3.63) is 12.4 Å². The number of piperidine rings is 1. The van der Waals surface area contributed by atoms with E-state index in [0.29, 0.717) is 37.8 Å². The van der Waals surface area contributed by atoms with Gasteiger partial charge in [-0.2, -0.15) is 0 Å². The van der Waals surface area contributed by atoms with Crippen LogP contribution in [0.5, 0.6) is 5.88 Å². The van der Waals surface area contributed by atoms with E-state index in [-0.39, 0.29) is 23.8 Å². The van der Waals surface area contributed by atoms with Gasteiger partial charge in [0.15, 0.2) is 5.82 Å². The summed E-state index contributed by atoms with van der Waals surface area (Å²) in [4.78, 5) is 38.3. The fraction of sp³-hybridized carbons (Fsp3) is 0.647. The summed E-state index contributed by atoms with van der Waals surface area (Å²) in [6.07, 6.45) is 5.19. The van der Waals surface area contributed by atoms with Gasteiger partial charge in [0.05, 0.1) is 12.5 Å². The Morgan fingerprint density at radius 2 is 2.04 bits per heavy atom. The Morgan fingerprint density at radius 1 is 1.28 bits per heavy atom. The standard InChI is InChI=1S/C17H25N5O3/c1-20(2)15-16(19-7-6-18-15)25-13-5-4-8-22(11-13)17(24)12-9-14(23)21(3)10-12/h6-7,12-13H,4-5,8-11H2,1-3H3. The minimum absolute atomic E-state index is 0.0401. The first-order valence-electron chi connectivity index (χ1n) is 8.63. The summed E-state index contributed by atoms with van der Waals surface area (Å²) in [5.74, 6) is 1.03. The Balaban J connectivity index is 1.64. The molecule has 3 rings (SSSR count). The third kappa shape index (κ3) is 3.83. The van der Waals surface area contributed by atoms with E-state index in [9.17, 15) is 9.59 Å². The molecule has 0 saturated carbocycles. The Labute approximate surface area is 147 Å².